The number of hydrogen-bond donors (Lipinski definition) is 2. The van der Waals surface area contributed by atoms with Crippen LogP contribution in [0.4, 0.5) is 0 Å². The second-order valence-corrected chi connectivity index (χ2v) is 8.07. The Balaban J connectivity index is 0.00000225. The number of carbonyl (C=O) groups is 2. The van der Waals surface area contributed by atoms with Crippen molar-refractivity contribution in [1.82, 2.24) is 20.4 Å². The molecule has 1 aliphatic carbocycles. The third-order valence-electron chi connectivity index (χ3n) is 5.79. The van der Waals surface area contributed by atoms with Gasteiger partial charge in [-0.15, -0.1) is 12.4 Å². The van der Waals surface area contributed by atoms with Gasteiger partial charge in [-0.05, 0) is 32.6 Å². The van der Waals surface area contributed by atoms with E-state index in [4.69, 9.17) is 0 Å². The number of halogens is 1. The van der Waals surface area contributed by atoms with Crippen LogP contribution in [-0.4, -0.2) is 73.0 Å². The van der Waals surface area contributed by atoms with Crippen molar-refractivity contribution in [2.75, 3.05) is 39.3 Å². The van der Waals surface area contributed by atoms with Crippen LogP contribution >= 0.6 is 12.4 Å². The molecular weight excluding hydrogens is 340 g/mol. The summed E-state index contributed by atoms with van der Waals surface area (Å²) in [7, 11) is 0. The Hall–Kier alpha value is -0.850. The summed E-state index contributed by atoms with van der Waals surface area (Å²) in [6.45, 7) is 11.1. The minimum absolute atomic E-state index is 0. The van der Waals surface area contributed by atoms with Crippen molar-refractivity contribution in [3.63, 3.8) is 0 Å². The molecule has 2 aliphatic heterocycles. The molecule has 1 saturated carbocycles. The van der Waals surface area contributed by atoms with Gasteiger partial charge in [0.1, 0.15) is 0 Å². The van der Waals surface area contributed by atoms with Crippen LogP contribution in [0.25, 0.3) is 0 Å². The number of rotatable bonds is 2. The zero-order chi connectivity index (χ0) is 17.3. The summed E-state index contributed by atoms with van der Waals surface area (Å²) in [5.41, 5.74) is 0. The second-order valence-electron chi connectivity index (χ2n) is 8.07. The van der Waals surface area contributed by atoms with Gasteiger partial charge in [-0.2, -0.15) is 0 Å². The van der Waals surface area contributed by atoms with Crippen LogP contribution in [0.1, 0.15) is 33.6 Å². The maximum absolute atomic E-state index is 13.1. The number of amides is 2. The molecule has 2 saturated heterocycles. The molecule has 2 unspecified atom stereocenters. The summed E-state index contributed by atoms with van der Waals surface area (Å²) >= 11 is 0. The maximum Gasteiger partial charge on any atom is 0.226 e. The van der Waals surface area contributed by atoms with Crippen molar-refractivity contribution < 1.29 is 9.59 Å². The molecular formula is C18H33ClN4O2. The monoisotopic (exact) mass is 372 g/mol. The number of nitrogens with zero attached hydrogens (tertiary/aromatic N) is 2. The molecule has 6 nitrogen and oxygen atoms in total. The fourth-order valence-electron chi connectivity index (χ4n) is 4.57. The van der Waals surface area contributed by atoms with E-state index in [1.54, 1.807) is 0 Å². The molecule has 2 heterocycles. The largest absolute Gasteiger partial charge is 0.340 e. The lowest BCUT2D eigenvalue weighted by Crippen LogP contribution is -2.55. The third-order valence-corrected chi connectivity index (χ3v) is 5.79. The highest BCUT2D eigenvalue weighted by molar-refractivity contribution is 5.88. The minimum Gasteiger partial charge on any atom is -0.340 e. The SMILES string of the molecule is CC1CC(C(=O)N2CCN[C@H](C)C2)C(C(=O)N2CCN[C@H](C)C2)C1.Cl. The smallest absolute Gasteiger partial charge is 0.226 e. The zero-order valence-electron chi connectivity index (χ0n) is 15.7. The average molecular weight is 373 g/mol. The Morgan fingerprint density at radius 3 is 1.56 bits per heavy atom. The number of piperazine rings is 2. The van der Waals surface area contributed by atoms with Gasteiger partial charge < -0.3 is 20.4 Å². The van der Waals surface area contributed by atoms with Gasteiger partial charge in [0, 0.05) is 63.2 Å². The Bertz CT molecular complexity index is 448. The molecule has 0 aromatic carbocycles. The maximum atomic E-state index is 13.1. The van der Waals surface area contributed by atoms with E-state index in [0.29, 0.717) is 18.0 Å². The highest BCUT2D eigenvalue weighted by Gasteiger charge is 2.44. The van der Waals surface area contributed by atoms with E-state index < -0.39 is 0 Å². The van der Waals surface area contributed by atoms with Crippen LogP contribution in [0, 0.1) is 17.8 Å². The molecule has 3 fully saturated rings. The second kappa shape index (κ2) is 8.69. The summed E-state index contributed by atoms with van der Waals surface area (Å²) < 4.78 is 0. The molecule has 0 radical (unpaired) electrons. The number of nitrogens with one attached hydrogen (secondary N) is 2. The highest BCUT2D eigenvalue weighted by atomic mass is 35.5. The Labute approximate surface area is 157 Å². The molecule has 144 valence electrons. The first-order valence-electron chi connectivity index (χ1n) is 9.50. The van der Waals surface area contributed by atoms with Gasteiger partial charge >= 0.3 is 0 Å². The van der Waals surface area contributed by atoms with Gasteiger partial charge in [0.2, 0.25) is 11.8 Å². The molecule has 2 amide bonds. The zero-order valence-corrected chi connectivity index (χ0v) is 16.5. The van der Waals surface area contributed by atoms with E-state index in [0.717, 1.165) is 52.1 Å². The first-order valence-corrected chi connectivity index (χ1v) is 9.50. The van der Waals surface area contributed by atoms with Crippen LogP contribution < -0.4 is 10.6 Å². The average Bonchev–Trinajstić information content (AvgIpc) is 2.95. The molecule has 3 aliphatic rings. The first kappa shape index (κ1) is 20.5. The summed E-state index contributed by atoms with van der Waals surface area (Å²) in [6, 6.07) is 0.675. The van der Waals surface area contributed by atoms with Crippen LogP contribution in [-0.2, 0) is 9.59 Å². The lowest BCUT2D eigenvalue weighted by atomic mass is 9.92. The topological polar surface area (TPSA) is 64.7 Å². The van der Waals surface area contributed by atoms with E-state index in [1.807, 2.05) is 9.80 Å². The van der Waals surface area contributed by atoms with Gasteiger partial charge in [0.15, 0.2) is 0 Å². The van der Waals surface area contributed by atoms with Crippen molar-refractivity contribution in [1.29, 1.82) is 0 Å². The Morgan fingerprint density at radius 2 is 1.20 bits per heavy atom. The molecule has 0 aromatic rings. The lowest BCUT2D eigenvalue weighted by Gasteiger charge is -2.37. The van der Waals surface area contributed by atoms with Gasteiger partial charge in [0.05, 0.1) is 0 Å². The van der Waals surface area contributed by atoms with Crippen molar-refractivity contribution in [2.45, 2.75) is 45.7 Å². The van der Waals surface area contributed by atoms with Gasteiger partial charge in [-0.25, -0.2) is 0 Å². The van der Waals surface area contributed by atoms with E-state index in [1.165, 1.54) is 0 Å². The quantitative estimate of drug-likeness (QED) is 0.749. The Kier molecular flexibility index (Phi) is 7.11. The van der Waals surface area contributed by atoms with Crippen molar-refractivity contribution in [2.24, 2.45) is 17.8 Å². The summed E-state index contributed by atoms with van der Waals surface area (Å²) in [5, 5.41) is 6.76. The van der Waals surface area contributed by atoms with E-state index in [9.17, 15) is 9.59 Å². The molecule has 3 rings (SSSR count). The van der Waals surface area contributed by atoms with Crippen LogP contribution in [0.15, 0.2) is 0 Å². The summed E-state index contributed by atoms with van der Waals surface area (Å²) in [4.78, 5) is 30.1. The van der Waals surface area contributed by atoms with Crippen LogP contribution in [0.3, 0.4) is 0 Å². The molecule has 25 heavy (non-hydrogen) atoms. The minimum atomic E-state index is -0.122. The van der Waals surface area contributed by atoms with Gasteiger partial charge in [-0.3, -0.25) is 9.59 Å². The fraction of sp³-hybridized carbons (Fsp3) is 0.889. The lowest BCUT2D eigenvalue weighted by molar-refractivity contribution is -0.146. The van der Waals surface area contributed by atoms with Crippen molar-refractivity contribution in [3.05, 3.63) is 0 Å². The molecule has 0 bridgehead atoms. The van der Waals surface area contributed by atoms with E-state index >= 15 is 0 Å². The molecule has 2 N–H and O–H groups in total. The molecule has 7 heteroatoms. The van der Waals surface area contributed by atoms with E-state index in [-0.39, 0.29) is 36.1 Å². The standard InChI is InChI=1S/C18H32N4O2.ClH/c1-12-8-15(17(23)21-6-4-19-13(2)10-21)16(9-12)18(24)22-7-5-20-14(3)11-22;/h12-16,19-20H,4-11H2,1-3H3;1H/t12?,13-,14-,15?,16?;/m1./s1. The number of hydrogen-bond acceptors (Lipinski definition) is 4. The van der Waals surface area contributed by atoms with Crippen LogP contribution in [0.2, 0.25) is 0 Å². The van der Waals surface area contributed by atoms with Crippen molar-refractivity contribution >= 4 is 24.2 Å². The summed E-state index contributed by atoms with van der Waals surface area (Å²) in [5.74, 6) is 0.614. The normalized spacial score (nSPS) is 36.0. The molecule has 4 atom stereocenters. The summed E-state index contributed by atoms with van der Waals surface area (Å²) in [6.07, 6.45) is 1.71. The van der Waals surface area contributed by atoms with Crippen LogP contribution in [0.5, 0.6) is 0 Å². The Morgan fingerprint density at radius 1 is 0.800 bits per heavy atom. The molecule has 0 aromatic heterocycles. The third kappa shape index (κ3) is 4.66. The van der Waals surface area contributed by atoms with Crippen molar-refractivity contribution in [3.8, 4) is 0 Å². The first-order chi connectivity index (χ1) is 11.5. The molecule has 0 spiro atoms. The number of carbonyl (C=O) groups excluding carboxylic acids is 2. The fourth-order valence-corrected chi connectivity index (χ4v) is 4.57. The van der Waals surface area contributed by atoms with E-state index in [2.05, 4.69) is 31.4 Å². The predicted octanol–water partition coefficient (Wildman–Crippen LogP) is 0.711. The van der Waals surface area contributed by atoms with Gasteiger partial charge in [-0.1, -0.05) is 6.92 Å². The van der Waals surface area contributed by atoms with Gasteiger partial charge in [0.25, 0.3) is 0 Å². The highest BCUT2D eigenvalue weighted by Crippen LogP contribution is 2.38. The predicted molar refractivity (Wildman–Crippen MR) is 101 cm³/mol.